The predicted octanol–water partition coefficient (Wildman–Crippen LogP) is 3.32. The van der Waals surface area contributed by atoms with Crippen molar-refractivity contribution in [2.45, 2.75) is 0 Å². The fourth-order valence-corrected chi connectivity index (χ4v) is 3.16. The molecule has 4 nitrogen and oxygen atoms in total. The molecular weight excluding hydrogens is 258 g/mol. The molecule has 0 saturated carbocycles. The highest BCUT2D eigenvalue weighted by atomic mass is 32.1. The van der Waals surface area contributed by atoms with Crippen molar-refractivity contribution < 1.29 is 5.11 Å². The summed E-state index contributed by atoms with van der Waals surface area (Å²) in [4.78, 5) is 10.6. The Morgan fingerprint density at radius 1 is 1.11 bits per heavy atom. The van der Waals surface area contributed by atoms with E-state index >= 15 is 0 Å². The number of nitrogens with zero attached hydrogens (tertiary/aromatic N) is 3. The minimum Gasteiger partial charge on any atom is -0.506 e. The van der Waals surface area contributed by atoms with Crippen LogP contribution >= 0.6 is 11.3 Å². The summed E-state index contributed by atoms with van der Waals surface area (Å²) in [6.07, 6.45) is 3.65. The van der Waals surface area contributed by atoms with Crippen molar-refractivity contribution in [1.29, 1.82) is 0 Å². The average Bonchev–Trinajstić information content (AvgIpc) is 2.96. The summed E-state index contributed by atoms with van der Waals surface area (Å²) >= 11 is 1.52. The summed E-state index contributed by atoms with van der Waals surface area (Å²) in [5.41, 5.74) is 2.64. The Hall–Kier alpha value is -2.40. The molecule has 0 unspecified atom stereocenters. The van der Waals surface area contributed by atoms with Crippen molar-refractivity contribution in [1.82, 2.24) is 14.4 Å². The molecule has 0 fully saturated rings. The van der Waals surface area contributed by atoms with Crippen LogP contribution in [0.4, 0.5) is 0 Å². The number of hydrogen-bond donors (Lipinski definition) is 1. The fourth-order valence-electron chi connectivity index (χ4n) is 2.16. The number of hydrogen-bond acceptors (Lipinski definition) is 4. The molecule has 92 valence electrons. The summed E-state index contributed by atoms with van der Waals surface area (Å²) < 4.78 is 2.03. The molecule has 0 bridgehead atoms. The van der Waals surface area contributed by atoms with E-state index in [-0.39, 0.29) is 5.75 Å². The molecule has 0 amide bonds. The lowest BCUT2D eigenvalue weighted by Gasteiger charge is -1.98. The fraction of sp³-hybridized carbons (Fsp3) is 0. The third kappa shape index (κ3) is 1.52. The van der Waals surface area contributed by atoms with Crippen molar-refractivity contribution >= 4 is 27.3 Å². The van der Waals surface area contributed by atoms with Crippen molar-refractivity contribution in [2.24, 2.45) is 0 Å². The highest BCUT2D eigenvalue weighted by molar-refractivity contribution is 7.20. The van der Waals surface area contributed by atoms with Crippen LogP contribution in [0.15, 0.2) is 48.8 Å². The third-order valence-electron chi connectivity index (χ3n) is 3.03. The molecular formula is C14H9N3OS. The van der Waals surface area contributed by atoms with E-state index < -0.39 is 0 Å². The van der Waals surface area contributed by atoms with E-state index in [9.17, 15) is 5.11 Å². The second kappa shape index (κ2) is 3.80. The van der Waals surface area contributed by atoms with Crippen LogP contribution in [0.3, 0.4) is 0 Å². The van der Waals surface area contributed by atoms with Crippen LogP contribution < -0.4 is 0 Å². The highest BCUT2D eigenvalue weighted by Crippen LogP contribution is 2.33. The maximum absolute atomic E-state index is 9.85. The number of rotatable bonds is 1. The highest BCUT2D eigenvalue weighted by Gasteiger charge is 2.12. The lowest BCUT2D eigenvalue weighted by atomic mass is 10.3. The van der Waals surface area contributed by atoms with Gasteiger partial charge in [-0.05, 0) is 24.3 Å². The Morgan fingerprint density at radius 3 is 2.89 bits per heavy atom. The average molecular weight is 267 g/mol. The minimum absolute atomic E-state index is 0.191. The van der Waals surface area contributed by atoms with Crippen molar-refractivity contribution in [3.05, 3.63) is 48.8 Å². The molecule has 4 aromatic rings. The molecule has 0 atom stereocenters. The quantitative estimate of drug-likeness (QED) is 0.575. The number of pyridine rings is 1. The van der Waals surface area contributed by atoms with Gasteiger partial charge < -0.3 is 5.11 Å². The zero-order valence-electron chi connectivity index (χ0n) is 9.82. The van der Waals surface area contributed by atoms with Gasteiger partial charge in [0.25, 0.3) is 0 Å². The first-order chi connectivity index (χ1) is 9.33. The lowest BCUT2D eigenvalue weighted by Crippen LogP contribution is -1.81. The summed E-state index contributed by atoms with van der Waals surface area (Å²) in [7, 11) is 0. The van der Waals surface area contributed by atoms with E-state index in [0.717, 1.165) is 20.9 Å². The molecule has 1 aromatic carbocycles. The number of benzene rings is 1. The SMILES string of the molecule is Oc1cccnc1-c1cn2c(nc3ccccc32)s1. The van der Waals surface area contributed by atoms with Crippen molar-refractivity contribution in [3.63, 3.8) is 0 Å². The van der Waals surface area contributed by atoms with E-state index in [1.54, 1.807) is 18.3 Å². The monoisotopic (exact) mass is 267 g/mol. The van der Waals surface area contributed by atoms with E-state index in [2.05, 4.69) is 9.97 Å². The number of imidazole rings is 1. The largest absolute Gasteiger partial charge is 0.506 e. The maximum Gasteiger partial charge on any atom is 0.195 e. The molecule has 1 N–H and O–H groups in total. The topological polar surface area (TPSA) is 50.4 Å². The van der Waals surface area contributed by atoms with Crippen LogP contribution in [0.5, 0.6) is 5.75 Å². The predicted molar refractivity (Wildman–Crippen MR) is 75.5 cm³/mol. The van der Waals surface area contributed by atoms with Gasteiger partial charge in [0.05, 0.1) is 15.9 Å². The number of para-hydroxylation sites is 2. The van der Waals surface area contributed by atoms with Gasteiger partial charge in [0.15, 0.2) is 4.96 Å². The first kappa shape index (κ1) is 10.5. The van der Waals surface area contributed by atoms with Gasteiger partial charge >= 0.3 is 0 Å². The second-order valence-electron chi connectivity index (χ2n) is 4.22. The number of aromatic hydroxyl groups is 1. The smallest absolute Gasteiger partial charge is 0.195 e. The number of fused-ring (bicyclic) bond motifs is 3. The first-order valence-electron chi connectivity index (χ1n) is 5.84. The zero-order chi connectivity index (χ0) is 12.8. The Kier molecular flexibility index (Phi) is 2.10. The molecule has 0 aliphatic heterocycles. The minimum atomic E-state index is 0.191. The molecule has 3 heterocycles. The Balaban J connectivity index is 2.00. The second-order valence-corrected chi connectivity index (χ2v) is 5.23. The molecule has 5 heteroatoms. The molecule has 4 rings (SSSR count). The number of aromatic nitrogens is 3. The van der Waals surface area contributed by atoms with Gasteiger partial charge in [-0.2, -0.15) is 0 Å². The van der Waals surface area contributed by atoms with Gasteiger partial charge in [0.1, 0.15) is 11.4 Å². The number of thiazole rings is 1. The first-order valence-corrected chi connectivity index (χ1v) is 6.65. The molecule has 0 radical (unpaired) electrons. The Labute approximate surface area is 112 Å². The normalized spacial score (nSPS) is 11.4. The lowest BCUT2D eigenvalue weighted by molar-refractivity contribution is 0.475. The summed E-state index contributed by atoms with van der Waals surface area (Å²) in [6, 6.07) is 11.4. The van der Waals surface area contributed by atoms with E-state index in [1.165, 1.54) is 11.3 Å². The Bertz CT molecular complexity index is 894. The van der Waals surface area contributed by atoms with Gasteiger partial charge in [-0.25, -0.2) is 4.98 Å². The molecule has 0 spiro atoms. The molecule has 0 aliphatic carbocycles. The van der Waals surface area contributed by atoms with Crippen molar-refractivity contribution in [3.8, 4) is 16.3 Å². The van der Waals surface area contributed by atoms with E-state index in [4.69, 9.17) is 0 Å². The molecule has 3 aromatic heterocycles. The van der Waals surface area contributed by atoms with Crippen LogP contribution in [0.25, 0.3) is 26.6 Å². The standard InChI is InChI=1S/C14H9N3OS/c18-11-6-3-7-15-13(11)12-8-17-10-5-2-1-4-9(10)16-14(17)19-12/h1-8,18H. The van der Waals surface area contributed by atoms with Gasteiger partial charge in [-0.1, -0.05) is 23.5 Å². The van der Waals surface area contributed by atoms with E-state index in [0.29, 0.717) is 5.69 Å². The zero-order valence-corrected chi connectivity index (χ0v) is 10.6. The van der Waals surface area contributed by atoms with Crippen LogP contribution in [-0.4, -0.2) is 19.5 Å². The van der Waals surface area contributed by atoms with E-state index in [1.807, 2.05) is 34.9 Å². The van der Waals surface area contributed by atoms with Gasteiger partial charge in [-0.3, -0.25) is 9.38 Å². The maximum atomic E-state index is 9.85. The third-order valence-corrected chi connectivity index (χ3v) is 4.02. The van der Waals surface area contributed by atoms with Crippen LogP contribution in [0.2, 0.25) is 0 Å². The van der Waals surface area contributed by atoms with Crippen LogP contribution in [-0.2, 0) is 0 Å². The molecule has 0 saturated heterocycles. The van der Waals surface area contributed by atoms with Crippen LogP contribution in [0, 0.1) is 0 Å². The molecule has 19 heavy (non-hydrogen) atoms. The Morgan fingerprint density at radius 2 is 2.00 bits per heavy atom. The summed E-state index contributed by atoms with van der Waals surface area (Å²) in [5.74, 6) is 0.191. The van der Waals surface area contributed by atoms with Gasteiger partial charge in [0.2, 0.25) is 0 Å². The molecule has 0 aliphatic rings. The van der Waals surface area contributed by atoms with Gasteiger partial charge in [0, 0.05) is 12.4 Å². The summed E-state index contributed by atoms with van der Waals surface area (Å²) in [5, 5.41) is 9.85. The van der Waals surface area contributed by atoms with Gasteiger partial charge in [-0.15, -0.1) is 0 Å². The summed E-state index contributed by atoms with van der Waals surface area (Å²) in [6.45, 7) is 0. The van der Waals surface area contributed by atoms with Crippen molar-refractivity contribution in [2.75, 3.05) is 0 Å². The van der Waals surface area contributed by atoms with Crippen LogP contribution in [0.1, 0.15) is 0 Å².